The van der Waals surface area contributed by atoms with Crippen LogP contribution in [0, 0.1) is 6.92 Å². The molecule has 18 heavy (non-hydrogen) atoms. The predicted molar refractivity (Wildman–Crippen MR) is 68.0 cm³/mol. The Morgan fingerprint density at radius 2 is 2.22 bits per heavy atom. The van der Waals surface area contributed by atoms with Crippen molar-refractivity contribution in [2.45, 2.75) is 13.5 Å². The van der Waals surface area contributed by atoms with Gasteiger partial charge in [0.2, 0.25) is 0 Å². The van der Waals surface area contributed by atoms with Crippen molar-refractivity contribution in [2.75, 3.05) is 7.05 Å². The third-order valence-electron chi connectivity index (χ3n) is 2.63. The molecule has 0 N–H and O–H groups in total. The van der Waals surface area contributed by atoms with E-state index in [-0.39, 0.29) is 5.91 Å². The molecule has 0 atom stereocenters. The maximum Gasteiger partial charge on any atom is 0.272 e. The number of nitrogens with zero attached hydrogens (tertiary/aromatic N) is 4. The summed E-state index contributed by atoms with van der Waals surface area (Å²) in [6.07, 6.45) is 3.65. The zero-order valence-corrected chi connectivity index (χ0v) is 10.8. The molecule has 0 unspecified atom stereocenters. The third kappa shape index (κ3) is 2.74. The Balaban J connectivity index is 2.09. The van der Waals surface area contributed by atoms with Crippen LogP contribution in [0.3, 0.4) is 0 Å². The first kappa shape index (κ1) is 12.3. The second-order valence-electron chi connectivity index (χ2n) is 4.35. The molecule has 0 bridgehead atoms. The average molecular weight is 244 g/mol. The summed E-state index contributed by atoms with van der Waals surface area (Å²) in [6, 6.07) is 5.44. The quantitative estimate of drug-likeness (QED) is 0.820. The maximum absolute atomic E-state index is 12.1. The fourth-order valence-electron chi connectivity index (χ4n) is 1.76. The van der Waals surface area contributed by atoms with Gasteiger partial charge < -0.3 is 4.90 Å². The maximum atomic E-state index is 12.1. The Kier molecular flexibility index (Phi) is 3.41. The second-order valence-corrected chi connectivity index (χ2v) is 4.35. The summed E-state index contributed by atoms with van der Waals surface area (Å²) in [5.74, 6) is -0.0810. The summed E-state index contributed by atoms with van der Waals surface area (Å²) in [4.78, 5) is 18.0. The van der Waals surface area contributed by atoms with Gasteiger partial charge in [0.25, 0.3) is 5.91 Å². The van der Waals surface area contributed by atoms with Crippen LogP contribution in [-0.2, 0) is 13.6 Å². The zero-order valence-electron chi connectivity index (χ0n) is 10.8. The molecule has 0 saturated carbocycles. The number of hydrogen-bond donors (Lipinski definition) is 0. The topological polar surface area (TPSA) is 51.0 Å². The van der Waals surface area contributed by atoms with Gasteiger partial charge in [0.1, 0.15) is 5.69 Å². The fraction of sp³-hybridized carbons (Fsp3) is 0.308. The van der Waals surface area contributed by atoms with E-state index in [1.165, 1.54) is 0 Å². The van der Waals surface area contributed by atoms with E-state index in [0.717, 1.165) is 11.3 Å². The predicted octanol–water partition coefficient (Wildman–Crippen LogP) is 1.40. The van der Waals surface area contributed by atoms with Crippen molar-refractivity contribution in [3.63, 3.8) is 0 Å². The molecule has 0 aliphatic carbocycles. The summed E-state index contributed by atoms with van der Waals surface area (Å²) in [7, 11) is 3.62. The molecule has 2 aromatic rings. The van der Waals surface area contributed by atoms with Crippen LogP contribution in [0.25, 0.3) is 0 Å². The second kappa shape index (κ2) is 5.00. The van der Waals surface area contributed by atoms with Crippen LogP contribution in [0.2, 0.25) is 0 Å². The van der Waals surface area contributed by atoms with Crippen molar-refractivity contribution in [3.8, 4) is 0 Å². The molecule has 0 fully saturated rings. The van der Waals surface area contributed by atoms with E-state index in [9.17, 15) is 4.79 Å². The Hall–Kier alpha value is -2.17. The third-order valence-corrected chi connectivity index (χ3v) is 2.63. The lowest BCUT2D eigenvalue weighted by Gasteiger charge is -2.15. The van der Waals surface area contributed by atoms with Gasteiger partial charge in [-0.3, -0.25) is 9.48 Å². The van der Waals surface area contributed by atoms with E-state index in [4.69, 9.17) is 0 Å². The molecule has 5 heteroatoms. The van der Waals surface area contributed by atoms with Gasteiger partial charge in [0.05, 0.1) is 6.20 Å². The zero-order chi connectivity index (χ0) is 13.1. The first-order valence-electron chi connectivity index (χ1n) is 5.73. The van der Waals surface area contributed by atoms with Gasteiger partial charge in [-0.15, -0.1) is 0 Å². The van der Waals surface area contributed by atoms with Crippen molar-refractivity contribution < 1.29 is 4.79 Å². The van der Waals surface area contributed by atoms with Gasteiger partial charge in [-0.25, -0.2) is 4.98 Å². The van der Waals surface area contributed by atoms with E-state index >= 15 is 0 Å². The monoisotopic (exact) mass is 244 g/mol. The molecule has 2 rings (SSSR count). The van der Waals surface area contributed by atoms with Crippen LogP contribution >= 0.6 is 0 Å². The number of carbonyl (C=O) groups is 1. The highest BCUT2D eigenvalue weighted by molar-refractivity contribution is 5.92. The molecule has 2 heterocycles. The first-order chi connectivity index (χ1) is 8.56. The lowest BCUT2D eigenvalue weighted by Crippen LogP contribution is -2.27. The number of pyridine rings is 1. The lowest BCUT2D eigenvalue weighted by atomic mass is 10.2. The highest BCUT2D eigenvalue weighted by atomic mass is 16.2. The van der Waals surface area contributed by atoms with Crippen LogP contribution in [0.4, 0.5) is 0 Å². The number of aromatic nitrogens is 3. The molecule has 94 valence electrons. The van der Waals surface area contributed by atoms with Gasteiger partial charge in [-0.2, -0.15) is 5.10 Å². The molecule has 5 nitrogen and oxygen atoms in total. The minimum absolute atomic E-state index is 0.0810. The van der Waals surface area contributed by atoms with E-state index in [1.54, 1.807) is 28.9 Å². The molecule has 0 saturated heterocycles. The summed E-state index contributed by atoms with van der Waals surface area (Å²) in [5, 5.41) is 4.08. The Morgan fingerprint density at radius 3 is 2.83 bits per heavy atom. The Morgan fingerprint density at radius 1 is 1.44 bits per heavy atom. The van der Waals surface area contributed by atoms with Crippen molar-refractivity contribution in [1.82, 2.24) is 19.7 Å². The van der Waals surface area contributed by atoms with Gasteiger partial charge in [0.15, 0.2) is 0 Å². The minimum atomic E-state index is -0.0810. The number of hydrogen-bond acceptors (Lipinski definition) is 3. The van der Waals surface area contributed by atoms with E-state index in [1.807, 2.05) is 32.3 Å². The van der Waals surface area contributed by atoms with Crippen LogP contribution in [-0.4, -0.2) is 32.6 Å². The minimum Gasteiger partial charge on any atom is -0.336 e. The van der Waals surface area contributed by atoms with Gasteiger partial charge >= 0.3 is 0 Å². The number of aryl methyl sites for hydroxylation is 2. The van der Waals surface area contributed by atoms with Gasteiger partial charge in [-0.05, 0) is 19.1 Å². The van der Waals surface area contributed by atoms with E-state index < -0.39 is 0 Å². The average Bonchev–Trinajstić information content (AvgIpc) is 2.73. The molecule has 0 aromatic carbocycles. The van der Waals surface area contributed by atoms with Crippen LogP contribution in [0.15, 0.2) is 30.6 Å². The van der Waals surface area contributed by atoms with E-state index in [2.05, 4.69) is 10.1 Å². The fourth-order valence-corrected chi connectivity index (χ4v) is 1.76. The molecule has 0 aliphatic heterocycles. The number of rotatable bonds is 3. The van der Waals surface area contributed by atoms with Crippen LogP contribution in [0.5, 0.6) is 0 Å². The van der Waals surface area contributed by atoms with Gasteiger partial charge in [0, 0.05) is 38.1 Å². The summed E-state index contributed by atoms with van der Waals surface area (Å²) >= 11 is 0. The van der Waals surface area contributed by atoms with Crippen molar-refractivity contribution >= 4 is 5.91 Å². The Bertz CT molecular complexity index is 562. The highest BCUT2D eigenvalue weighted by Gasteiger charge is 2.13. The molecule has 0 aliphatic rings. The summed E-state index contributed by atoms with van der Waals surface area (Å²) < 4.78 is 1.72. The highest BCUT2D eigenvalue weighted by Crippen LogP contribution is 2.06. The molecule has 2 aromatic heterocycles. The first-order valence-corrected chi connectivity index (χ1v) is 5.73. The van der Waals surface area contributed by atoms with Crippen LogP contribution in [0.1, 0.15) is 21.7 Å². The molecular weight excluding hydrogens is 228 g/mol. The summed E-state index contributed by atoms with van der Waals surface area (Å²) in [6.45, 7) is 2.40. The van der Waals surface area contributed by atoms with Crippen molar-refractivity contribution in [1.29, 1.82) is 0 Å². The standard InChI is InChI=1S/C13H16N4O/c1-10-5-4-6-12(15-10)13(18)16(2)8-11-7-14-17(3)9-11/h4-7,9H,8H2,1-3H3. The van der Waals surface area contributed by atoms with Crippen molar-refractivity contribution in [3.05, 3.63) is 47.5 Å². The molecular formula is C13H16N4O. The largest absolute Gasteiger partial charge is 0.336 e. The smallest absolute Gasteiger partial charge is 0.272 e. The number of carbonyl (C=O) groups excluding carboxylic acids is 1. The number of amides is 1. The van der Waals surface area contributed by atoms with Crippen molar-refractivity contribution in [2.24, 2.45) is 7.05 Å². The van der Waals surface area contributed by atoms with E-state index in [0.29, 0.717) is 12.2 Å². The SMILES string of the molecule is Cc1cccc(C(=O)N(C)Cc2cnn(C)c2)n1. The molecule has 1 amide bonds. The summed E-state index contributed by atoms with van der Waals surface area (Å²) in [5.41, 5.74) is 2.32. The normalized spacial score (nSPS) is 10.4. The Labute approximate surface area is 106 Å². The van der Waals surface area contributed by atoms with Crippen LogP contribution < -0.4 is 0 Å². The molecule has 0 radical (unpaired) electrons. The molecule has 0 spiro atoms. The lowest BCUT2D eigenvalue weighted by molar-refractivity contribution is 0.0779. The van der Waals surface area contributed by atoms with Gasteiger partial charge in [-0.1, -0.05) is 6.07 Å².